The minimum Gasteiger partial charge on any atom is -0.393 e. The minimum atomic E-state index is -0.497. The summed E-state index contributed by atoms with van der Waals surface area (Å²) in [5, 5.41) is 12.2. The molecule has 2 N–H and O–H groups in total. The van der Waals surface area contributed by atoms with Crippen LogP contribution in [0.1, 0.15) is 0 Å². The summed E-state index contributed by atoms with van der Waals surface area (Å²) in [5.41, 5.74) is 7.06. The average Bonchev–Trinajstić information content (AvgIpc) is 2.81. The van der Waals surface area contributed by atoms with Crippen molar-refractivity contribution in [3.63, 3.8) is 0 Å². The molecule has 0 atom stereocenters. The molecule has 0 aliphatic rings. The van der Waals surface area contributed by atoms with Crippen molar-refractivity contribution >= 4 is 44.5 Å². The zero-order valence-electron chi connectivity index (χ0n) is 10.0. The predicted molar refractivity (Wildman–Crippen MR) is 81.1 cm³/mol. The van der Waals surface area contributed by atoms with Crippen LogP contribution in [-0.2, 0) is 0 Å². The highest BCUT2D eigenvalue weighted by molar-refractivity contribution is 7.21. The van der Waals surface area contributed by atoms with E-state index in [1.165, 1.54) is 23.5 Å². The summed E-state index contributed by atoms with van der Waals surface area (Å²) in [7, 11) is 0. The summed E-state index contributed by atoms with van der Waals surface area (Å²) < 4.78 is 0.976. The molecule has 0 aliphatic carbocycles. The van der Waals surface area contributed by atoms with Crippen molar-refractivity contribution in [1.29, 1.82) is 0 Å². The third-order valence-electron chi connectivity index (χ3n) is 2.82. The van der Waals surface area contributed by atoms with Gasteiger partial charge in [-0.25, -0.2) is 4.98 Å². The number of nitro benzene ring substituents is 1. The molecule has 1 aromatic heterocycles. The standard InChI is InChI=1S/C13H8ClN3O2S/c14-8-2-4-12-10(6-8)16-13(20-12)7-1-3-9(15)11(5-7)17(18)19/h1-6H,15H2. The molecule has 0 saturated heterocycles. The SMILES string of the molecule is Nc1ccc(-c2nc3cc(Cl)ccc3s2)cc1[N+](=O)[O-]. The Hall–Kier alpha value is -2.18. The number of anilines is 1. The normalized spacial score (nSPS) is 10.8. The van der Waals surface area contributed by atoms with Gasteiger partial charge in [-0.15, -0.1) is 11.3 Å². The highest BCUT2D eigenvalue weighted by atomic mass is 35.5. The second kappa shape index (κ2) is 4.73. The maximum Gasteiger partial charge on any atom is 0.292 e. The first kappa shape index (κ1) is 12.8. The second-order valence-electron chi connectivity index (χ2n) is 4.16. The van der Waals surface area contributed by atoms with E-state index in [0.717, 1.165) is 10.2 Å². The van der Waals surface area contributed by atoms with Crippen LogP contribution in [0.2, 0.25) is 5.02 Å². The highest BCUT2D eigenvalue weighted by Crippen LogP contribution is 2.34. The summed E-state index contributed by atoms with van der Waals surface area (Å²) in [4.78, 5) is 14.9. The first-order valence-electron chi connectivity index (χ1n) is 5.65. The van der Waals surface area contributed by atoms with E-state index in [1.807, 2.05) is 6.07 Å². The van der Waals surface area contributed by atoms with Crippen LogP contribution in [0.25, 0.3) is 20.8 Å². The van der Waals surface area contributed by atoms with Gasteiger partial charge in [-0.2, -0.15) is 0 Å². The fourth-order valence-electron chi connectivity index (χ4n) is 1.86. The molecule has 0 spiro atoms. The maximum absolute atomic E-state index is 10.9. The van der Waals surface area contributed by atoms with Crippen LogP contribution in [0.4, 0.5) is 11.4 Å². The monoisotopic (exact) mass is 305 g/mol. The third kappa shape index (κ3) is 2.19. The molecule has 3 aromatic rings. The van der Waals surface area contributed by atoms with Gasteiger partial charge in [0.05, 0.1) is 15.1 Å². The van der Waals surface area contributed by atoms with E-state index < -0.39 is 4.92 Å². The smallest absolute Gasteiger partial charge is 0.292 e. The number of fused-ring (bicyclic) bond motifs is 1. The lowest BCUT2D eigenvalue weighted by Crippen LogP contribution is -1.95. The number of thiazole rings is 1. The number of rotatable bonds is 2. The van der Waals surface area contributed by atoms with Gasteiger partial charge < -0.3 is 5.73 Å². The Morgan fingerprint density at radius 1 is 1.25 bits per heavy atom. The third-order valence-corrected chi connectivity index (χ3v) is 4.14. The molecule has 0 aliphatic heterocycles. The van der Waals surface area contributed by atoms with Crippen LogP contribution in [0.15, 0.2) is 36.4 Å². The summed E-state index contributed by atoms with van der Waals surface area (Å²) in [6.45, 7) is 0. The summed E-state index contributed by atoms with van der Waals surface area (Å²) in [5.74, 6) is 0. The number of benzene rings is 2. The Morgan fingerprint density at radius 3 is 2.80 bits per heavy atom. The minimum absolute atomic E-state index is 0.111. The zero-order valence-corrected chi connectivity index (χ0v) is 11.6. The van der Waals surface area contributed by atoms with Crippen LogP contribution in [0, 0.1) is 10.1 Å². The lowest BCUT2D eigenvalue weighted by Gasteiger charge is -1.99. The zero-order chi connectivity index (χ0) is 14.3. The van der Waals surface area contributed by atoms with Gasteiger partial charge in [-0.1, -0.05) is 11.6 Å². The number of halogens is 1. The van der Waals surface area contributed by atoms with Crippen LogP contribution >= 0.6 is 22.9 Å². The van der Waals surface area contributed by atoms with Crippen LogP contribution in [0.3, 0.4) is 0 Å². The number of nitrogens with two attached hydrogens (primary N) is 1. The van der Waals surface area contributed by atoms with E-state index in [4.69, 9.17) is 17.3 Å². The Bertz CT molecular complexity index is 832. The number of hydrogen-bond acceptors (Lipinski definition) is 5. The van der Waals surface area contributed by atoms with Crippen molar-refractivity contribution < 1.29 is 4.92 Å². The van der Waals surface area contributed by atoms with Gasteiger partial charge in [0.25, 0.3) is 5.69 Å². The van der Waals surface area contributed by atoms with Crippen molar-refractivity contribution in [2.75, 3.05) is 5.73 Å². The van der Waals surface area contributed by atoms with E-state index in [0.29, 0.717) is 15.6 Å². The highest BCUT2D eigenvalue weighted by Gasteiger charge is 2.15. The quantitative estimate of drug-likeness (QED) is 0.439. The van der Waals surface area contributed by atoms with Crippen LogP contribution < -0.4 is 5.73 Å². The summed E-state index contributed by atoms with van der Waals surface area (Å²) >= 11 is 7.37. The lowest BCUT2D eigenvalue weighted by atomic mass is 10.2. The molecule has 7 heteroatoms. The lowest BCUT2D eigenvalue weighted by molar-refractivity contribution is -0.383. The van der Waals surface area contributed by atoms with Gasteiger partial charge >= 0.3 is 0 Å². The fraction of sp³-hybridized carbons (Fsp3) is 0. The molecule has 0 unspecified atom stereocenters. The number of hydrogen-bond donors (Lipinski definition) is 1. The molecular weight excluding hydrogens is 298 g/mol. The van der Waals surface area contributed by atoms with Crippen molar-refractivity contribution in [3.05, 3.63) is 51.5 Å². The molecule has 5 nitrogen and oxygen atoms in total. The largest absolute Gasteiger partial charge is 0.393 e. The molecule has 0 bridgehead atoms. The Morgan fingerprint density at radius 2 is 2.05 bits per heavy atom. The first-order valence-corrected chi connectivity index (χ1v) is 6.84. The van der Waals surface area contributed by atoms with E-state index in [2.05, 4.69) is 4.98 Å². The molecule has 0 saturated carbocycles. The van der Waals surface area contributed by atoms with Crippen molar-refractivity contribution in [3.8, 4) is 10.6 Å². The number of nitrogens with zero attached hydrogens (tertiary/aromatic N) is 2. The van der Waals surface area contributed by atoms with Gasteiger partial charge in [0.1, 0.15) is 10.7 Å². The molecule has 100 valence electrons. The topological polar surface area (TPSA) is 82.0 Å². The Kier molecular flexibility index (Phi) is 3.04. The van der Waals surface area contributed by atoms with Gasteiger partial charge in [-0.3, -0.25) is 10.1 Å². The van der Waals surface area contributed by atoms with Crippen molar-refractivity contribution in [1.82, 2.24) is 4.98 Å². The van der Waals surface area contributed by atoms with Gasteiger partial charge in [0.15, 0.2) is 0 Å². The number of aromatic nitrogens is 1. The molecule has 0 radical (unpaired) electrons. The summed E-state index contributed by atoms with van der Waals surface area (Å²) in [6, 6.07) is 10.1. The van der Waals surface area contributed by atoms with Crippen molar-refractivity contribution in [2.45, 2.75) is 0 Å². The summed E-state index contributed by atoms with van der Waals surface area (Å²) in [6.07, 6.45) is 0. The molecule has 20 heavy (non-hydrogen) atoms. The van der Waals surface area contributed by atoms with Gasteiger partial charge in [-0.05, 0) is 30.3 Å². The molecular formula is C13H8ClN3O2S. The van der Waals surface area contributed by atoms with Crippen molar-refractivity contribution in [2.24, 2.45) is 0 Å². The van der Waals surface area contributed by atoms with E-state index >= 15 is 0 Å². The molecule has 3 rings (SSSR count). The van der Waals surface area contributed by atoms with E-state index in [-0.39, 0.29) is 11.4 Å². The molecule has 1 heterocycles. The maximum atomic E-state index is 10.9. The molecule has 0 amide bonds. The second-order valence-corrected chi connectivity index (χ2v) is 5.63. The van der Waals surface area contributed by atoms with Gasteiger partial charge in [0.2, 0.25) is 0 Å². The Labute approximate surface area is 122 Å². The first-order chi connectivity index (χ1) is 9.54. The average molecular weight is 306 g/mol. The number of nitrogen functional groups attached to an aromatic ring is 1. The van der Waals surface area contributed by atoms with Crippen LogP contribution in [0.5, 0.6) is 0 Å². The van der Waals surface area contributed by atoms with Gasteiger partial charge in [0, 0.05) is 16.7 Å². The fourth-order valence-corrected chi connectivity index (χ4v) is 2.97. The molecule has 2 aromatic carbocycles. The van der Waals surface area contributed by atoms with E-state index in [1.54, 1.807) is 18.2 Å². The molecule has 0 fully saturated rings. The number of nitro groups is 1. The Balaban J connectivity index is 2.15. The predicted octanol–water partition coefficient (Wildman–Crippen LogP) is 4.11. The van der Waals surface area contributed by atoms with E-state index in [9.17, 15) is 10.1 Å². The van der Waals surface area contributed by atoms with Crippen LogP contribution in [-0.4, -0.2) is 9.91 Å².